The number of carbonyl (C=O) groups excluding carboxylic acids is 2. The molecule has 1 aromatic rings. The molecule has 8 nitrogen and oxygen atoms in total. The molecule has 25 heavy (non-hydrogen) atoms. The molecule has 1 saturated heterocycles. The van der Waals surface area contributed by atoms with E-state index in [1.807, 2.05) is 6.07 Å². The third-order valence-corrected chi connectivity index (χ3v) is 5.83. The molecule has 1 aromatic carbocycles. The highest BCUT2D eigenvalue weighted by Gasteiger charge is 2.27. The second-order valence-corrected chi connectivity index (χ2v) is 8.25. The summed E-state index contributed by atoms with van der Waals surface area (Å²) in [7, 11) is -1.53. The Morgan fingerprint density at radius 1 is 1.20 bits per heavy atom. The van der Waals surface area contributed by atoms with Crippen LogP contribution in [0.4, 0.5) is 5.69 Å². The van der Waals surface area contributed by atoms with Crippen molar-refractivity contribution < 1.29 is 22.7 Å². The highest BCUT2D eigenvalue weighted by Crippen LogP contribution is 2.32. The molecule has 9 heteroatoms. The van der Waals surface area contributed by atoms with E-state index in [0.717, 1.165) is 5.56 Å². The van der Waals surface area contributed by atoms with Crippen LogP contribution in [-0.2, 0) is 26.0 Å². The summed E-state index contributed by atoms with van der Waals surface area (Å²) in [4.78, 5) is 27.4. The van der Waals surface area contributed by atoms with Crippen LogP contribution in [0.5, 0.6) is 5.75 Å². The van der Waals surface area contributed by atoms with Crippen molar-refractivity contribution in [2.45, 2.75) is 6.42 Å². The number of rotatable bonds is 3. The van der Waals surface area contributed by atoms with E-state index in [9.17, 15) is 18.0 Å². The smallest absolute Gasteiger partial charge is 0.264 e. The number of carbonyl (C=O) groups is 2. The van der Waals surface area contributed by atoms with Gasteiger partial charge in [-0.3, -0.25) is 9.59 Å². The van der Waals surface area contributed by atoms with Gasteiger partial charge in [0.15, 0.2) is 6.61 Å². The third-order valence-electron chi connectivity index (χ3n) is 4.53. The van der Waals surface area contributed by atoms with E-state index in [0.29, 0.717) is 37.6 Å². The average molecular weight is 367 g/mol. The van der Waals surface area contributed by atoms with Crippen molar-refractivity contribution in [2.24, 2.45) is 0 Å². The van der Waals surface area contributed by atoms with Crippen LogP contribution >= 0.6 is 0 Å². The summed E-state index contributed by atoms with van der Waals surface area (Å²) in [6, 6.07) is 5.37. The Balaban J connectivity index is 1.65. The maximum absolute atomic E-state index is 12.5. The van der Waals surface area contributed by atoms with Gasteiger partial charge >= 0.3 is 0 Å². The van der Waals surface area contributed by atoms with E-state index in [-0.39, 0.29) is 24.8 Å². The van der Waals surface area contributed by atoms with Crippen molar-refractivity contribution in [1.29, 1.82) is 0 Å². The van der Waals surface area contributed by atoms with Crippen LogP contribution in [0.25, 0.3) is 0 Å². The molecule has 0 spiro atoms. The standard InChI is InChI=1S/C16H21N3O5S/c1-17-13-9-12(3-4-14(13)24-11-16(17)21)10-15(20)18-5-7-19(8-6-18)25(2,22)23/h3-4,9H,5-8,10-11H2,1-2H3. The van der Waals surface area contributed by atoms with Gasteiger partial charge in [0.2, 0.25) is 15.9 Å². The Labute approximate surface area is 147 Å². The topological polar surface area (TPSA) is 87.2 Å². The third kappa shape index (κ3) is 3.77. The SMILES string of the molecule is CN1C(=O)COc2ccc(CC(=O)N3CCN(S(C)(=O)=O)CC3)cc21. The number of hydrogen-bond acceptors (Lipinski definition) is 5. The van der Waals surface area contributed by atoms with Crippen LogP contribution in [0, 0.1) is 0 Å². The number of piperazine rings is 1. The molecule has 0 atom stereocenters. The number of fused-ring (bicyclic) bond motifs is 1. The van der Waals surface area contributed by atoms with Gasteiger partial charge in [0.1, 0.15) is 5.75 Å². The molecule has 3 rings (SSSR count). The second-order valence-electron chi connectivity index (χ2n) is 6.26. The van der Waals surface area contributed by atoms with Crippen molar-refractivity contribution in [3.8, 4) is 5.75 Å². The predicted octanol–water partition coefficient (Wildman–Crippen LogP) is -0.312. The maximum atomic E-state index is 12.5. The zero-order valence-electron chi connectivity index (χ0n) is 14.3. The Morgan fingerprint density at radius 2 is 1.88 bits per heavy atom. The summed E-state index contributed by atoms with van der Waals surface area (Å²) in [6.07, 6.45) is 1.38. The van der Waals surface area contributed by atoms with Gasteiger partial charge in [-0.1, -0.05) is 6.07 Å². The molecule has 136 valence electrons. The van der Waals surface area contributed by atoms with Crippen molar-refractivity contribution in [2.75, 3.05) is 51.0 Å². The van der Waals surface area contributed by atoms with Gasteiger partial charge in [-0.2, -0.15) is 4.31 Å². The molecular weight excluding hydrogens is 346 g/mol. The van der Waals surface area contributed by atoms with Crippen LogP contribution in [0.3, 0.4) is 0 Å². The van der Waals surface area contributed by atoms with E-state index in [1.165, 1.54) is 15.5 Å². The Morgan fingerprint density at radius 3 is 2.52 bits per heavy atom. The van der Waals surface area contributed by atoms with E-state index >= 15 is 0 Å². The number of likely N-dealkylation sites (N-methyl/N-ethyl adjacent to an activating group) is 1. The first-order valence-corrected chi connectivity index (χ1v) is 9.86. The molecular formula is C16H21N3O5S. The van der Waals surface area contributed by atoms with Crippen molar-refractivity contribution in [3.63, 3.8) is 0 Å². The minimum atomic E-state index is -3.21. The lowest BCUT2D eigenvalue weighted by molar-refractivity contribution is -0.131. The van der Waals surface area contributed by atoms with Gasteiger partial charge in [0, 0.05) is 33.2 Å². The summed E-state index contributed by atoms with van der Waals surface area (Å²) < 4.78 is 29.8. The molecule has 1 fully saturated rings. The van der Waals surface area contributed by atoms with Crippen LogP contribution in [0.15, 0.2) is 18.2 Å². The Bertz CT molecular complexity index is 800. The van der Waals surface area contributed by atoms with Crippen molar-refractivity contribution in [1.82, 2.24) is 9.21 Å². The minimum absolute atomic E-state index is 0.0202. The first-order valence-electron chi connectivity index (χ1n) is 8.01. The lowest BCUT2D eigenvalue weighted by Crippen LogP contribution is -2.50. The molecule has 0 radical (unpaired) electrons. The number of nitrogens with zero attached hydrogens (tertiary/aromatic N) is 3. The Hall–Kier alpha value is -2.13. The Kier molecular flexibility index (Phi) is 4.70. The largest absolute Gasteiger partial charge is 0.482 e. The number of ether oxygens (including phenoxy) is 1. The van der Waals surface area contributed by atoms with Crippen LogP contribution in [0.1, 0.15) is 5.56 Å². The molecule has 0 saturated carbocycles. The fourth-order valence-corrected chi connectivity index (χ4v) is 3.81. The van der Waals surface area contributed by atoms with E-state index in [4.69, 9.17) is 4.74 Å². The zero-order chi connectivity index (χ0) is 18.2. The van der Waals surface area contributed by atoms with Gasteiger partial charge in [-0.05, 0) is 17.7 Å². The van der Waals surface area contributed by atoms with Gasteiger partial charge in [0.05, 0.1) is 18.4 Å². The monoisotopic (exact) mass is 367 g/mol. The number of benzene rings is 1. The van der Waals surface area contributed by atoms with E-state index in [2.05, 4.69) is 0 Å². The van der Waals surface area contributed by atoms with E-state index < -0.39 is 10.0 Å². The van der Waals surface area contributed by atoms with Crippen molar-refractivity contribution in [3.05, 3.63) is 23.8 Å². The quantitative estimate of drug-likeness (QED) is 0.731. The molecule has 0 aliphatic carbocycles. The second kappa shape index (κ2) is 6.64. The normalized spacial score (nSPS) is 18.7. The highest BCUT2D eigenvalue weighted by molar-refractivity contribution is 7.88. The molecule has 0 N–H and O–H groups in total. The van der Waals surface area contributed by atoms with Crippen LogP contribution < -0.4 is 9.64 Å². The lowest BCUT2D eigenvalue weighted by Gasteiger charge is -2.33. The summed E-state index contributed by atoms with van der Waals surface area (Å²) in [5.41, 5.74) is 1.45. The molecule has 2 amide bonds. The highest BCUT2D eigenvalue weighted by atomic mass is 32.2. The summed E-state index contributed by atoms with van der Waals surface area (Å²) >= 11 is 0. The summed E-state index contributed by atoms with van der Waals surface area (Å²) in [5, 5.41) is 0. The molecule has 0 unspecified atom stereocenters. The number of sulfonamides is 1. The van der Waals surface area contributed by atoms with Gasteiger partial charge < -0.3 is 14.5 Å². The predicted molar refractivity (Wildman–Crippen MR) is 92.0 cm³/mol. The fourth-order valence-electron chi connectivity index (χ4n) is 2.98. The number of hydrogen-bond donors (Lipinski definition) is 0. The average Bonchev–Trinajstić information content (AvgIpc) is 2.58. The van der Waals surface area contributed by atoms with Gasteiger partial charge in [0.25, 0.3) is 5.91 Å². The fraction of sp³-hybridized carbons (Fsp3) is 0.500. The minimum Gasteiger partial charge on any atom is -0.482 e. The zero-order valence-corrected chi connectivity index (χ0v) is 15.1. The summed E-state index contributed by atoms with van der Waals surface area (Å²) in [5.74, 6) is 0.437. The van der Waals surface area contributed by atoms with Gasteiger partial charge in [-0.15, -0.1) is 0 Å². The first kappa shape index (κ1) is 17.7. The molecule has 0 bridgehead atoms. The van der Waals surface area contributed by atoms with Crippen LogP contribution in [-0.4, -0.2) is 75.5 Å². The van der Waals surface area contributed by atoms with E-state index in [1.54, 1.807) is 24.1 Å². The molecule has 2 aliphatic rings. The summed E-state index contributed by atoms with van der Waals surface area (Å²) in [6.45, 7) is 1.43. The maximum Gasteiger partial charge on any atom is 0.264 e. The van der Waals surface area contributed by atoms with Crippen molar-refractivity contribution >= 4 is 27.5 Å². The molecule has 2 aliphatic heterocycles. The van der Waals surface area contributed by atoms with Crippen LogP contribution in [0.2, 0.25) is 0 Å². The first-order chi connectivity index (χ1) is 11.8. The van der Waals surface area contributed by atoms with Gasteiger partial charge in [-0.25, -0.2) is 8.42 Å². The molecule has 0 aromatic heterocycles. The molecule has 2 heterocycles. The number of amides is 2. The number of anilines is 1. The lowest BCUT2D eigenvalue weighted by atomic mass is 10.1.